The van der Waals surface area contributed by atoms with Crippen LogP contribution in [0.4, 0.5) is 5.82 Å². The van der Waals surface area contributed by atoms with E-state index in [2.05, 4.69) is 4.98 Å². The number of nitrogens with two attached hydrogens (primary N) is 1. The van der Waals surface area contributed by atoms with E-state index in [-0.39, 0.29) is 13.2 Å². The first-order valence-corrected chi connectivity index (χ1v) is 4.19. The van der Waals surface area contributed by atoms with Crippen molar-refractivity contribution in [2.75, 3.05) is 18.5 Å². The van der Waals surface area contributed by atoms with E-state index in [9.17, 15) is 4.79 Å². The summed E-state index contributed by atoms with van der Waals surface area (Å²) in [6.45, 7) is -0.0176. The summed E-state index contributed by atoms with van der Waals surface area (Å²) in [7, 11) is 1.70. The fourth-order valence-electron chi connectivity index (χ4n) is 1.21. The predicted molar refractivity (Wildman–Crippen MR) is 52.6 cm³/mol. The van der Waals surface area contributed by atoms with Gasteiger partial charge in [0.2, 0.25) is 5.91 Å². The van der Waals surface area contributed by atoms with Crippen LogP contribution in [0.3, 0.4) is 0 Å². The Hall–Kier alpha value is -1.62. The van der Waals surface area contributed by atoms with Crippen molar-refractivity contribution in [1.29, 1.82) is 0 Å². The molecule has 0 aliphatic rings. The summed E-state index contributed by atoms with van der Waals surface area (Å²) in [5, 5.41) is 9.02. The van der Waals surface area contributed by atoms with E-state index in [1.807, 2.05) is 0 Å². The average molecular weight is 195 g/mol. The minimum Gasteiger partial charge on any atom is -0.392 e. The van der Waals surface area contributed by atoms with Gasteiger partial charge in [-0.1, -0.05) is 6.07 Å². The van der Waals surface area contributed by atoms with E-state index in [0.29, 0.717) is 11.4 Å². The van der Waals surface area contributed by atoms with Crippen molar-refractivity contribution < 1.29 is 9.90 Å². The van der Waals surface area contributed by atoms with Crippen LogP contribution in [0.2, 0.25) is 0 Å². The third kappa shape index (κ3) is 2.43. The molecule has 3 N–H and O–H groups in total. The van der Waals surface area contributed by atoms with Gasteiger partial charge in [-0.05, 0) is 6.07 Å². The topological polar surface area (TPSA) is 79.5 Å². The first-order valence-electron chi connectivity index (χ1n) is 4.19. The Bertz CT molecular complexity index is 328. The summed E-state index contributed by atoms with van der Waals surface area (Å²) < 4.78 is 0. The SMILES string of the molecule is CN(CC(N)=O)c1ncccc1CO. The molecule has 0 spiro atoms. The Labute approximate surface area is 82.2 Å². The normalized spacial score (nSPS) is 9.86. The molecular weight excluding hydrogens is 182 g/mol. The summed E-state index contributed by atoms with van der Waals surface area (Å²) in [6.07, 6.45) is 1.60. The number of aliphatic hydroxyl groups is 1. The molecule has 5 nitrogen and oxygen atoms in total. The van der Waals surface area contributed by atoms with Gasteiger partial charge in [0, 0.05) is 18.8 Å². The molecule has 0 aliphatic heterocycles. The standard InChI is InChI=1S/C9H13N3O2/c1-12(5-8(10)14)9-7(6-13)3-2-4-11-9/h2-4,13H,5-6H2,1H3,(H2,10,14). The molecule has 1 rings (SSSR count). The monoisotopic (exact) mass is 195 g/mol. The lowest BCUT2D eigenvalue weighted by Gasteiger charge is -2.18. The van der Waals surface area contributed by atoms with Gasteiger partial charge in [-0.25, -0.2) is 4.98 Å². The average Bonchev–Trinajstić information content (AvgIpc) is 2.16. The molecule has 5 heteroatoms. The molecule has 0 radical (unpaired) electrons. The Morgan fingerprint density at radius 2 is 2.43 bits per heavy atom. The van der Waals surface area contributed by atoms with E-state index in [0.717, 1.165) is 0 Å². The van der Waals surface area contributed by atoms with Crippen LogP contribution in [0.1, 0.15) is 5.56 Å². The molecule has 0 saturated heterocycles. The molecule has 1 aromatic heterocycles. The van der Waals surface area contributed by atoms with Crippen molar-refractivity contribution in [3.05, 3.63) is 23.9 Å². The van der Waals surface area contributed by atoms with Gasteiger partial charge in [0.15, 0.2) is 0 Å². The lowest BCUT2D eigenvalue weighted by Crippen LogP contribution is -2.31. The van der Waals surface area contributed by atoms with E-state index >= 15 is 0 Å². The number of amides is 1. The number of primary amides is 1. The molecule has 0 atom stereocenters. The van der Waals surface area contributed by atoms with Gasteiger partial charge >= 0.3 is 0 Å². The van der Waals surface area contributed by atoms with E-state index in [1.165, 1.54) is 0 Å². The van der Waals surface area contributed by atoms with E-state index < -0.39 is 5.91 Å². The second-order valence-corrected chi connectivity index (χ2v) is 2.97. The number of nitrogens with zero attached hydrogens (tertiary/aromatic N) is 2. The molecule has 0 saturated carbocycles. The van der Waals surface area contributed by atoms with Crippen LogP contribution >= 0.6 is 0 Å². The number of likely N-dealkylation sites (N-methyl/N-ethyl adjacent to an activating group) is 1. The predicted octanol–water partition coefficient (Wildman–Crippen LogP) is -0.505. The number of hydrogen-bond acceptors (Lipinski definition) is 4. The highest BCUT2D eigenvalue weighted by Crippen LogP contribution is 2.14. The second-order valence-electron chi connectivity index (χ2n) is 2.97. The number of anilines is 1. The first-order chi connectivity index (χ1) is 6.65. The highest BCUT2D eigenvalue weighted by atomic mass is 16.3. The molecule has 0 aliphatic carbocycles. The van der Waals surface area contributed by atoms with Crippen LogP contribution in [-0.2, 0) is 11.4 Å². The number of pyridine rings is 1. The Kier molecular flexibility index (Phi) is 3.41. The molecular formula is C9H13N3O2. The van der Waals surface area contributed by atoms with Crippen LogP contribution in [0, 0.1) is 0 Å². The van der Waals surface area contributed by atoms with Gasteiger partial charge in [-0.15, -0.1) is 0 Å². The smallest absolute Gasteiger partial charge is 0.236 e. The highest BCUT2D eigenvalue weighted by Gasteiger charge is 2.09. The zero-order valence-electron chi connectivity index (χ0n) is 7.97. The van der Waals surface area contributed by atoms with Crippen molar-refractivity contribution in [3.8, 4) is 0 Å². The maximum Gasteiger partial charge on any atom is 0.236 e. The van der Waals surface area contributed by atoms with Crippen molar-refractivity contribution in [1.82, 2.24) is 4.98 Å². The zero-order chi connectivity index (χ0) is 10.6. The number of carbonyl (C=O) groups excluding carboxylic acids is 1. The summed E-state index contributed by atoms with van der Waals surface area (Å²) in [5.74, 6) is 0.149. The van der Waals surface area contributed by atoms with Gasteiger partial charge in [-0.3, -0.25) is 4.79 Å². The summed E-state index contributed by atoms with van der Waals surface area (Å²) in [6, 6.07) is 3.48. The lowest BCUT2D eigenvalue weighted by molar-refractivity contribution is -0.116. The van der Waals surface area contributed by atoms with Crippen LogP contribution in [0.5, 0.6) is 0 Å². The number of carbonyl (C=O) groups is 1. The molecule has 1 amide bonds. The van der Waals surface area contributed by atoms with Gasteiger partial charge < -0.3 is 15.7 Å². The molecule has 14 heavy (non-hydrogen) atoms. The van der Waals surface area contributed by atoms with Crippen molar-refractivity contribution in [3.63, 3.8) is 0 Å². The third-order valence-electron chi connectivity index (χ3n) is 1.79. The molecule has 0 unspecified atom stereocenters. The number of rotatable bonds is 4. The van der Waals surface area contributed by atoms with Crippen LogP contribution in [-0.4, -0.2) is 29.6 Å². The van der Waals surface area contributed by atoms with E-state index in [4.69, 9.17) is 10.8 Å². The Morgan fingerprint density at radius 3 is 3.00 bits per heavy atom. The van der Waals surface area contributed by atoms with Crippen molar-refractivity contribution >= 4 is 11.7 Å². The van der Waals surface area contributed by atoms with Crippen LogP contribution in [0.15, 0.2) is 18.3 Å². The quantitative estimate of drug-likeness (QED) is 0.678. The van der Waals surface area contributed by atoms with Gasteiger partial charge in [0.25, 0.3) is 0 Å². The van der Waals surface area contributed by atoms with Crippen molar-refractivity contribution in [2.45, 2.75) is 6.61 Å². The highest BCUT2D eigenvalue weighted by molar-refractivity contribution is 5.79. The van der Waals surface area contributed by atoms with Gasteiger partial charge in [-0.2, -0.15) is 0 Å². The molecule has 0 aromatic carbocycles. The maximum atomic E-state index is 10.7. The summed E-state index contributed by atoms with van der Waals surface area (Å²) in [4.78, 5) is 16.3. The molecule has 1 heterocycles. The minimum absolute atomic E-state index is 0.0873. The largest absolute Gasteiger partial charge is 0.392 e. The van der Waals surface area contributed by atoms with Crippen molar-refractivity contribution in [2.24, 2.45) is 5.73 Å². The summed E-state index contributed by atoms with van der Waals surface area (Å²) in [5.41, 5.74) is 5.73. The van der Waals surface area contributed by atoms with E-state index in [1.54, 1.807) is 30.3 Å². The second kappa shape index (κ2) is 4.57. The van der Waals surface area contributed by atoms with Gasteiger partial charge in [0.1, 0.15) is 5.82 Å². The molecule has 0 bridgehead atoms. The fourth-order valence-corrected chi connectivity index (χ4v) is 1.21. The minimum atomic E-state index is -0.429. The maximum absolute atomic E-state index is 10.7. The van der Waals surface area contributed by atoms with Crippen LogP contribution < -0.4 is 10.6 Å². The zero-order valence-corrected chi connectivity index (χ0v) is 7.97. The lowest BCUT2D eigenvalue weighted by atomic mass is 10.2. The Balaban J connectivity index is 2.87. The number of aromatic nitrogens is 1. The number of aliphatic hydroxyl groups excluding tert-OH is 1. The fraction of sp³-hybridized carbons (Fsp3) is 0.333. The van der Waals surface area contributed by atoms with Crippen LogP contribution in [0.25, 0.3) is 0 Å². The molecule has 76 valence electrons. The number of hydrogen-bond donors (Lipinski definition) is 2. The third-order valence-corrected chi connectivity index (χ3v) is 1.79. The Morgan fingerprint density at radius 1 is 1.71 bits per heavy atom. The molecule has 0 fully saturated rings. The van der Waals surface area contributed by atoms with Gasteiger partial charge in [0.05, 0.1) is 13.2 Å². The summed E-state index contributed by atoms with van der Waals surface area (Å²) >= 11 is 0. The first kappa shape index (κ1) is 10.5. The molecule has 1 aromatic rings.